The van der Waals surface area contributed by atoms with Gasteiger partial charge in [0.15, 0.2) is 5.65 Å². The van der Waals surface area contributed by atoms with Crippen LogP contribution in [0, 0.1) is 0 Å². The Morgan fingerprint density at radius 2 is 1.70 bits per heavy atom. The molecule has 7 nitrogen and oxygen atoms in total. The minimum atomic E-state index is -0.562. The molecule has 0 unspecified atom stereocenters. The fourth-order valence-corrected chi connectivity index (χ4v) is 2.92. The minimum Gasteiger partial charge on any atom is -0.341 e. The van der Waals surface area contributed by atoms with Crippen LogP contribution < -0.4 is 16.1 Å². The molecule has 1 aromatic carbocycles. The number of anilines is 1. The summed E-state index contributed by atoms with van der Waals surface area (Å²) in [5.41, 5.74) is 0.588. The van der Waals surface area contributed by atoms with Gasteiger partial charge in [-0.1, -0.05) is 30.3 Å². The Morgan fingerprint density at radius 1 is 0.957 bits per heavy atom. The largest absolute Gasteiger partial charge is 0.341 e. The summed E-state index contributed by atoms with van der Waals surface area (Å²) >= 11 is 0. The summed E-state index contributed by atoms with van der Waals surface area (Å²) in [4.78, 5) is 39.8. The Labute approximate surface area is 131 Å². The Morgan fingerprint density at radius 3 is 2.43 bits per heavy atom. The first-order valence-corrected chi connectivity index (χ1v) is 7.57. The number of H-pyrrole nitrogens is 2. The summed E-state index contributed by atoms with van der Waals surface area (Å²) in [7, 11) is 0. The first kappa shape index (κ1) is 13.7. The zero-order valence-corrected chi connectivity index (χ0v) is 12.4. The van der Waals surface area contributed by atoms with Crippen molar-refractivity contribution < 1.29 is 0 Å². The summed E-state index contributed by atoms with van der Waals surface area (Å²) in [6, 6.07) is 9.46. The number of benzene rings is 1. The Kier molecular flexibility index (Phi) is 3.18. The molecular weight excluding hydrogens is 294 g/mol. The summed E-state index contributed by atoms with van der Waals surface area (Å²) < 4.78 is 0. The van der Waals surface area contributed by atoms with Crippen molar-refractivity contribution in [3.8, 4) is 11.3 Å². The van der Waals surface area contributed by atoms with Gasteiger partial charge in [0.1, 0.15) is 5.39 Å². The zero-order chi connectivity index (χ0) is 15.8. The normalized spacial score (nSPS) is 14.5. The second-order valence-corrected chi connectivity index (χ2v) is 5.56. The predicted octanol–water partition coefficient (Wildman–Crippen LogP) is 1.27. The van der Waals surface area contributed by atoms with Crippen LogP contribution in [0.2, 0.25) is 0 Å². The van der Waals surface area contributed by atoms with Gasteiger partial charge in [-0.3, -0.25) is 14.8 Å². The van der Waals surface area contributed by atoms with E-state index in [1.165, 1.54) is 0 Å². The average Bonchev–Trinajstić information content (AvgIpc) is 3.08. The molecule has 3 heterocycles. The van der Waals surface area contributed by atoms with Crippen molar-refractivity contribution in [3.63, 3.8) is 0 Å². The van der Waals surface area contributed by atoms with Crippen LogP contribution in [0.25, 0.3) is 22.3 Å². The lowest BCUT2D eigenvalue weighted by atomic mass is 10.1. The van der Waals surface area contributed by atoms with Crippen LogP contribution in [0.15, 0.2) is 39.9 Å². The van der Waals surface area contributed by atoms with Crippen LogP contribution in [-0.2, 0) is 0 Å². The average molecular weight is 309 g/mol. The molecule has 0 saturated carbocycles. The Balaban J connectivity index is 2.05. The molecule has 2 N–H and O–H groups in total. The number of nitrogens with zero attached hydrogens (tertiary/aromatic N) is 3. The van der Waals surface area contributed by atoms with E-state index in [0.29, 0.717) is 17.0 Å². The van der Waals surface area contributed by atoms with Crippen molar-refractivity contribution in [1.82, 2.24) is 19.9 Å². The number of hydrogen-bond donors (Lipinski definition) is 2. The predicted molar refractivity (Wildman–Crippen MR) is 87.7 cm³/mol. The highest BCUT2D eigenvalue weighted by Gasteiger charge is 2.19. The smallest absolute Gasteiger partial charge is 0.327 e. The molecule has 116 valence electrons. The van der Waals surface area contributed by atoms with Crippen molar-refractivity contribution in [2.75, 3.05) is 18.0 Å². The maximum Gasteiger partial charge on any atom is 0.327 e. The van der Waals surface area contributed by atoms with E-state index in [2.05, 4.69) is 24.8 Å². The van der Waals surface area contributed by atoms with Gasteiger partial charge in [0, 0.05) is 18.7 Å². The number of nitrogens with one attached hydrogen (secondary N) is 2. The molecule has 0 bridgehead atoms. The summed E-state index contributed by atoms with van der Waals surface area (Å²) in [6.45, 7) is 1.76. The number of aromatic amines is 2. The third-order valence-electron chi connectivity index (χ3n) is 4.02. The van der Waals surface area contributed by atoms with Crippen molar-refractivity contribution in [2.45, 2.75) is 12.8 Å². The summed E-state index contributed by atoms with van der Waals surface area (Å²) in [6.07, 6.45) is 2.18. The molecule has 0 spiro atoms. The number of rotatable bonds is 2. The van der Waals surface area contributed by atoms with Gasteiger partial charge in [-0.05, 0) is 12.8 Å². The maximum atomic E-state index is 12.3. The standard InChI is InChI=1S/C16H15N5O2/c22-14-11-12(10-6-2-1-3-7-10)17-15(21-8-4-5-9-21)18-13(11)19-16(23)20-14/h1-3,6-7H,4-5,8-9H2,(H2,17,18,19,20,22,23). The summed E-state index contributed by atoms with van der Waals surface area (Å²) in [5, 5.41) is 0.304. The molecule has 1 fully saturated rings. The fourth-order valence-electron chi connectivity index (χ4n) is 2.92. The first-order valence-electron chi connectivity index (χ1n) is 7.57. The number of fused-ring (bicyclic) bond motifs is 1. The van der Waals surface area contributed by atoms with E-state index in [1.54, 1.807) is 0 Å². The second-order valence-electron chi connectivity index (χ2n) is 5.56. The van der Waals surface area contributed by atoms with E-state index in [4.69, 9.17) is 0 Å². The molecule has 1 aliphatic heterocycles. The molecule has 0 amide bonds. The van der Waals surface area contributed by atoms with Gasteiger partial charge in [-0.15, -0.1) is 0 Å². The number of hydrogen-bond acceptors (Lipinski definition) is 5. The van der Waals surface area contributed by atoms with E-state index in [-0.39, 0.29) is 5.65 Å². The van der Waals surface area contributed by atoms with Gasteiger partial charge in [0.2, 0.25) is 5.95 Å². The summed E-state index contributed by atoms with van der Waals surface area (Å²) in [5.74, 6) is 0.551. The highest BCUT2D eigenvalue weighted by molar-refractivity contribution is 5.90. The molecule has 1 aliphatic rings. The van der Waals surface area contributed by atoms with Gasteiger partial charge in [0.25, 0.3) is 5.56 Å². The molecule has 0 aliphatic carbocycles. The van der Waals surface area contributed by atoms with E-state index < -0.39 is 11.2 Å². The van der Waals surface area contributed by atoms with Crippen molar-refractivity contribution in [1.29, 1.82) is 0 Å². The fraction of sp³-hybridized carbons (Fsp3) is 0.250. The maximum absolute atomic E-state index is 12.3. The third kappa shape index (κ3) is 2.40. The molecule has 3 aromatic rings. The molecule has 7 heteroatoms. The van der Waals surface area contributed by atoms with E-state index in [0.717, 1.165) is 31.5 Å². The highest BCUT2D eigenvalue weighted by atomic mass is 16.2. The molecule has 0 radical (unpaired) electrons. The lowest BCUT2D eigenvalue weighted by molar-refractivity contribution is 0.902. The van der Waals surface area contributed by atoms with Crippen molar-refractivity contribution >= 4 is 17.0 Å². The first-order chi connectivity index (χ1) is 11.2. The van der Waals surface area contributed by atoms with Crippen LogP contribution in [0.5, 0.6) is 0 Å². The van der Waals surface area contributed by atoms with Crippen molar-refractivity contribution in [3.05, 3.63) is 51.2 Å². The van der Waals surface area contributed by atoms with Gasteiger partial charge in [0.05, 0.1) is 5.69 Å². The van der Waals surface area contributed by atoms with Crippen LogP contribution in [0.4, 0.5) is 5.95 Å². The van der Waals surface area contributed by atoms with Crippen LogP contribution >= 0.6 is 0 Å². The Bertz CT molecular complexity index is 971. The van der Waals surface area contributed by atoms with E-state index in [9.17, 15) is 9.59 Å². The van der Waals surface area contributed by atoms with Crippen molar-refractivity contribution in [2.24, 2.45) is 0 Å². The minimum absolute atomic E-state index is 0.273. The highest BCUT2D eigenvalue weighted by Crippen LogP contribution is 2.26. The van der Waals surface area contributed by atoms with Gasteiger partial charge in [-0.25, -0.2) is 9.78 Å². The molecule has 4 rings (SSSR count). The molecule has 0 atom stereocenters. The third-order valence-corrected chi connectivity index (χ3v) is 4.02. The zero-order valence-electron chi connectivity index (χ0n) is 12.4. The lowest BCUT2D eigenvalue weighted by Gasteiger charge is -2.16. The van der Waals surface area contributed by atoms with Gasteiger partial charge < -0.3 is 4.90 Å². The Hall–Kier alpha value is -2.96. The van der Waals surface area contributed by atoms with Gasteiger partial charge >= 0.3 is 5.69 Å². The van der Waals surface area contributed by atoms with Crippen LogP contribution in [0.3, 0.4) is 0 Å². The molecule has 1 saturated heterocycles. The monoisotopic (exact) mass is 309 g/mol. The quantitative estimate of drug-likeness (QED) is 0.743. The molecular formula is C16H15N5O2. The van der Waals surface area contributed by atoms with E-state index >= 15 is 0 Å². The van der Waals surface area contributed by atoms with Crippen LogP contribution in [0.1, 0.15) is 12.8 Å². The topological polar surface area (TPSA) is 94.7 Å². The van der Waals surface area contributed by atoms with E-state index in [1.807, 2.05) is 30.3 Å². The van der Waals surface area contributed by atoms with Crippen LogP contribution in [-0.4, -0.2) is 33.0 Å². The van der Waals surface area contributed by atoms with Gasteiger partial charge in [-0.2, -0.15) is 4.98 Å². The number of aromatic nitrogens is 4. The lowest BCUT2D eigenvalue weighted by Crippen LogP contribution is -2.26. The SMILES string of the molecule is O=c1[nH]c(=O)c2c(-c3ccccc3)nc(N3CCCC3)nc2[nH]1. The molecule has 23 heavy (non-hydrogen) atoms. The molecule has 2 aromatic heterocycles. The second kappa shape index (κ2) is 5.35.